The van der Waals surface area contributed by atoms with Gasteiger partial charge >= 0.3 is 5.97 Å². The summed E-state index contributed by atoms with van der Waals surface area (Å²) in [6.45, 7) is 4.94. The van der Waals surface area contributed by atoms with E-state index in [1.807, 2.05) is 0 Å². The molecule has 2 unspecified atom stereocenters. The van der Waals surface area contributed by atoms with Crippen LogP contribution in [0.1, 0.15) is 309 Å². The second-order valence-electron chi connectivity index (χ2n) is 19.3. The van der Waals surface area contributed by atoms with Crippen molar-refractivity contribution in [3.63, 3.8) is 0 Å². The lowest BCUT2D eigenvalue weighted by Gasteiger charge is -2.22. The lowest BCUT2D eigenvalue weighted by atomic mass is 10.0. The zero-order chi connectivity index (χ0) is 45.1. The van der Waals surface area contributed by atoms with Crippen molar-refractivity contribution >= 4 is 11.9 Å². The molecule has 0 aromatic heterocycles. The van der Waals surface area contributed by atoms with Crippen molar-refractivity contribution < 1.29 is 24.5 Å². The van der Waals surface area contributed by atoms with Gasteiger partial charge in [-0.1, -0.05) is 257 Å². The second-order valence-corrected chi connectivity index (χ2v) is 19.3. The quantitative estimate of drug-likeness (QED) is 0.0321. The van der Waals surface area contributed by atoms with Crippen LogP contribution in [-0.2, 0) is 14.3 Å². The topological polar surface area (TPSA) is 95.9 Å². The van der Waals surface area contributed by atoms with Gasteiger partial charge < -0.3 is 20.3 Å². The van der Waals surface area contributed by atoms with Crippen LogP contribution in [0.5, 0.6) is 0 Å². The fourth-order valence-corrected chi connectivity index (χ4v) is 8.75. The van der Waals surface area contributed by atoms with Crippen LogP contribution in [0.3, 0.4) is 0 Å². The maximum Gasteiger partial charge on any atom is 0.305 e. The summed E-state index contributed by atoms with van der Waals surface area (Å²) in [5.41, 5.74) is 0. The Bertz CT molecular complexity index is 924. The predicted octanol–water partition coefficient (Wildman–Crippen LogP) is 16.9. The maximum atomic E-state index is 12.4. The van der Waals surface area contributed by atoms with Gasteiger partial charge in [0.15, 0.2) is 0 Å². The van der Waals surface area contributed by atoms with Crippen LogP contribution in [0, 0.1) is 0 Å². The van der Waals surface area contributed by atoms with Crippen LogP contribution < -0.4 is 5.32 Å². The van der Waals surface area contributed by atoms with E-state index in [-0.39, 0.29) is 18.5 Å². The number of ether oxygens (including phenoxy) is 1. The number of aliphatic hydroxyl groups is 2. The molecule has 368 valence electrons. The van der Waals surface area contributed by atoms with Gasteiger partial charge in [-0.2, -0.15) is 0 Å². The first kappa shape index (κ1) is 60.6. The first-order valence-corrected chi connectivity index (χ1v) is 27.9. The predicted molar refractivity (Wildman–Crippen MR) is 269 cm³/mol. The van der Waals surface area contributed by atoms with E-state index in [1.54, 1.807) is 0 Å². The molecule has 6 heteroatoms. The molecular formula is C56H109NO5. The largest absolute Gasteiger partial charge is 0.466 e. The highest BCUT2D eigenvalue weighted by molar-refractivity contribution is 5.76. The number of rotatable bonds is 52. The zero-order valence-corrected chi connectivity index (χ0v) is 41.9. The third kappa shape index (κ3) is 48.1. The number of allylic oxidation sites excluding steroid dienone is 2. The van der Waals surface area contributed by atoms with Crippen molar-refractivity contribution in [2.75, 3.05) is 13.2 Å². The molecule has 0 aliphatic heterocycles. The standard InChI is InChI=1S/C56H109NO5/c1-3-5-7-9-11-13-15-30-34-38-42-46-50-56(61)62-51-47-43-39-35-31-28-26-24-22-20-18-16-17-19-21-23-25-27-29-33-37-41-45-49-55(60)57-53(52-58)54(59)48-44-40-36-32-14-12-10-8-6-4-2/h19,21,53-54,58-59H,3-18,20,22-52H2,1-2H3,(H,57,60)/b21-19-. The van der Waals surface area contributed by atoms with Gasteiger partial charge in [0.2, 0.25) is 5.91 Å². The molecule has 0 spiro atoms. The first-order chi connectivity index (χ1) is 30.5. The summed E-state index contributed by atoms with van der Waals surface area (Å²) in [7, 11) is 0. The smallest absolute Gasteiger partial charge is 0.305 e. The van der Waals surface area contributed by atoms with Crippen molar-refractivity contribution in [1.29, 1.82) is 0 Å². The Morgan fingerprint density at radius 1 is 0.435 bits per heavy atom. The molecular weight excluding hydrogens is 767 g/mol. The molecule has 0 aromatic rings. The molecule has 0 radical (unpaired) electrons. The van der Waals surface area contributed by atoms with Crippen molar-refractivity contribution in [3.8, 4) is 0 Å². The molecule has 1 amide bonds. The highest BCUT2D eigenvalue weighted by Gasteiger charge is 2.20. The molecule has 0 saturated heterocycles. The highest BCUT2D eigenvalue weighted by Crippen LogP contribution is 2.17. The zero-order valence-electron chi connectivity index (χ0n) is 41.9. The van der Waals surface area contributed by atoms with Gasteiger partial charge in [-0.3, -0.25) is 9.59 Å². The molecule has 62 heavy (non-hydrogen) atoms. The fourth-order valence-electron chi connectivity index (χ4n) is 8.75. The monoisotopic (exact) mass is 876 g/mol. The summed E-state index contributed by atoms with van der Waals surface area (Å²) in [4.78, 5) is 24.4. The number of amides is 1. The van der Waals surface area contributed by atoms with Crippen LogP contribution in [0.4, 0.5) is 0 Å². The van der Waals surface area contributed by atoms with E-state index in [9.17, 15) is 19.8 Å². The molecule has 0 aliphatic carbocycles. The van der Waals surface area contributed by atoms with Crippen LogP contribution in [0.2, 0.25) is 0 Å². The SMILES string of the molecule is CCCCCCCCCCCCCCC(=O)OCCCCCCCCCCCCCC/C=C\CCCCCCCCCC(=O)NC(CO)C(O)CCCCCCCCCCCC. The molecule has 0 heterocycles. The van der Waals surface area contributed by atoms with Crippen LogP contribution in [0.15, 0.2) is 12.2 Å². The summed E-state index contributed by atoms with van der Waals surface area (Å²) in [5.74, 6) is -0.0299. The van der Waals surface area contributed by atoms with Gasteiger partial charge in [0.1, 0.15) is 0 Å². The molecule has 0 fully saturated rings. The van der Waals surface area contributed by atoms with E-state index in [2.05, 4.69) is 31.3 Å². The molecule has 0 aliphatic rings. The first-order valence-electron chi connectivity index (χ1n) is 27.9. The third-order valence-electron chi connectivity index (χ3n) is 13.1. The Morgan fingerprint density at radius 2 is 0.758 bits per heavy atom. The number of esters is 1. The lowest BCUT2D eigenvalue weighted by Crippen LogP contribution is -2.45. The minimum Gasteiger partial charge on any atom is -0.466 e. The molecule has 0 saturated carbocycles. The second kappa shape index (κ2) is 52.2. The number of aliphatic hydroxyl groups excluding tert-OH is 2. The summed E-state index contributed by atoms with van der Waals surface area (Å²) in [6.07, 6.45) is 60.6. The molecule has 6 nitrogen and oxygen atoms in total. The number of hydrogen-bond acceptors (Lipinski definition) is 5. The molecule has 0 bridgehead atoms. The van der Waals surface area contributed by atoms with E-state index >= 15 is 0 Å². The molecule has 2 atom stereocenters. The average Bonchev–Trinajstić information content (AvgIpc) is 3.27. The van der Waals surface area contributed by atoms with E-state index in [0.29, 0.717) is 25.9 Å². The van der Waals surface area contributed by atoms with Crippen LogP contribution in [-0.4, -0.2) is 47.4 Å². The van der Waals surface area contributed by atoms with Crippen molar-refractivity contribution in [2.24, 2.45) is 0 Å². The minimum atomic E-state index is -0.665. The number of carbonyl (C=O) groups excluding carboxylic acids is 2. The van der Waals surface area contributed by atoms with E-state index < -0.39 is 12.1 Å². The van der Waals surface area contributed by atoms with Crippen molar-refractivity contribution in [1.82, 2.24) is 5.32 Å². The fraction of sp³-hybridized carbons (Fsp3) is 0.929. The van der Waals surface area contributed by atoms with Gasteiger partial charge in [0.05, 0.1) is 25.4 Å². The molecule has 3 N–H and O–H groups in total. The van der Waals surface area contributed by atoms with Gasteiger partial charge in [-0.05, 0) is 51.4 Å². The number of unbranched alkanes of at least 4 members (excludes halogenated alkanes) is 39. The average molecular weight is 876 g/mol. The highest BCUT2D eigenvalue weighted by atomic mass is 16.5. The molecule has 0 rings (SSSR count). The number of carbonyl (C=O) groups is 2. The van der Waals surface area contributed by atoms with E-state index in [4.69, 9.17) is 4.74 Å². The summed E-state index contributed by atoms with van der Waals surface area (Å²) < 4.78 is 5.47. The Morgan fingerprint density at radius 3 is 1.15 bits per heavy atom. The minimum absolute atomic E-state index is 0.0123. The van der Waals surface area contributed by atoms with E-state index in [0.717, 1.165) is 38.5 Å². The Labute approximate surface area is 387 Å². The Hall–Kier alpha value is -1.40. The summed E-state index contributed by atoms with van der Waals surface area (Å²) in [5, 5.41) is 23.1. The summed E-state index contributed by atoms with van der Waals surface area (Å²) >= 11 is 0. The van der Waals surface area contributed by atoms with Gasteiger partial charge in [-0.15, -0.1) is 0 Å². The van der Waals surface area contributed by atoms with Gasteiger partial charge in [0.25, 0.3) is 0 Å². The van der Waals surface area contributed by atoms with Crippen molar-refractivity contribution in [3.05, 3.63) is 12.2 Å². The summed E-state index contributed by atoms with van der Waals surface area (Å²) in [6, 6.07) is -0.543. The van der Waals surface area contributed by atoms with Gasteiger partial charge in [0, 0.05) is 12.8 Å². The normalized spacial score (nSPS) is 12.6. The molecule has 0 aromatic carbocycles. The van der Waals surface area contributed by atoms with Crippen LogP contribution >= 0.6 is 0 Å². The Kier molecular flexibility index (Phi) is 51.0. The third-order valence-corrected chi connectivity index (χ3v) is 13.1. The van der Waals surface area contributed by atoms with Crippen molar-refractivity contribution in [2.45, 2.75) is 321 Å². The maximum absolute atomic E-state index is 12.4. The Balaban J connectivity index is 3.38. The van der Waals surface area contributed by atoms with Gasteiger partial charge in [-0.25, -0.2) is 0 Å². The lowest BCUT2D eigenvalue weighted by molar-refractivity contribution is -0.143. The van der Waals surface area contributed by atoms with E-state index in [1.165, 1.54) is 238 Å². The number of nitrogens with one attached hydrogen (secondary N) is 1. The van der Waals surface area contributed by atoms with Crippen LogP contribution in [0.25, 0.3) is 0 Å². The number of hydrogen-bond donors (Lipinski definition) is 3.